The van der Waals surface area contributed by atoms with Crippen LogP contribution >= 0.6 is 0 Å². The fourth-order valence-electron chi connectivity index (χ4n) is 2.13. The largest absolute Gasteiger partial charge is 0.490 e. The van der Waals surface area contributed by atoms with E-state index in [2.05, 4.69) is 5.32 Å². The number of hydrogen-bond donors (Lipinski definition) is 5. The van der Waals surface area contributed by atoms with Gasteiger partial charge in [0.05, 0.1) is 0 Å². The van der Waals surface area contributed by atoms with Gasteiger partial charge in [-0.25, -0.2) is 14.4 Å². The smallest absolute Gasteiger partial charge is 0.480 e. The number of hydrogen-bond acceptors (Lipinski definition) is 6. The van der Waals surface area contributed by atoms with Crippen LogP contribution in [0.2, 0.25) is 0 Å². The highest BCUT2D eigenvalue weighted by molar-refractivity contribution is 5.92. The molecule has 12 nitrogen and oxygen atoms in total. The monoisotopic (exact) mass is 429 g/mol. The van der Waals surface area contributed by atoms with Gasteiger partial charge in [-0.05, 0) is 12.8 Å². The number of carboxylic acids is 3. The second-order valence-electron chi connectivity index (χ2n) is 5.68. The number of amides is 3. The number of likely N-dealkylation sites (tertiary alicyclic amines) is 1. The van der Waals surface area contributed by atoms with E-state index < -0.39 is 60.4 Å². The van der Waals surface area contributed by atoms with Crippen molar-refractivity contribution in [2.75, 3.05) is 6.54 Å². The third-order valence-electron chi connectivity index (χ3n) is 3.48. The summed E-state index contributed by atoms with van der Waals surface area (Å²) in [6, 6.07) is -2.42. The van der Waals surface area contributed by atoms with Crippen molar-refractivity contribution < 1.29 is 57.3 Å². The number of nitrogens with zero attached hydrogens (tertiary/aromatic N) is 1. The SMILES string of the molecule is NC(=O)CC[C@H](NC(=O)CN1C(=O)CC[C@H]1C(=O)O)C(=O)O.O=C(O)C(F)(F)F. The molecule has 1 heterocycles. The molecule has 0 radical (unpaired) electrons. The summed E-state index contributed by atoms with van der Waals surface area (Å²) < 4.78 is 31.7. The normalized spacial score (nSPS) is 17.0. The molecular weight excluding hydrogens is 411 g/mol. The number of aliphatic carboxylic acids is 3. The average Bonchev–Trinajstić information content (AvgIpc) is 2.91. The number of primary amides is 1. The minimum atomic E-state index is -5.08. The van der Waals surface area contributed by atoms with Crippen LogP contribution in [-0.2, 0) is 28.8 Å². The highest BCUT2D eigenvalue weighted by Gasteiger charge is 2.38. The van der Waals surface area contributed by atoms with E-state index in [-0.39, 0.29) is 25.7 Å². The van der Waals surface area contributed by atoms with Gasteiger partial charge in [-0.2, -0.15) is 13.2 Å². The first-order valence-corrected chi connectivity index (χ1v) is 7.79. The second kappa shape index (κ2) is 10.8. The lowest BCUT2D eigenvalue weighted by Crippen LogP contribution is -2.49. The molecule has 0 spiro atoms. The molecule has 1 rings (SSSR count). The summed E-state index contributed by atoms with van der Waals surface area (Å²) >= 11 is 0. The van der Waals surface area contributed by atoms with Gasteiger partial charge in [0.2, 0.25) is 17.7 Å². The zero-order valence-corrected chi connectivity index (χ0v) is 14.6. The maximum Gasteiger partial charge on any atom is 0.490 e. The van der Waals surface area contributed by atoms with Gasteiger partial charge in [0, 0.05) is 12.8 Å². The molecule has 1 aliphatic heterocycles. The summed E-state index contributed by atoms with van der Waals surface area (Å²) in [7, 11) is 0. The van der Waals surface area contributed by atoms with Gasteiger partial charge in [0.15, 0.2) is 0 Å². The molecule has 1 aliphatic rings. The number of nitrogens with one attached hydrogen (secondary N) is 1. The van der Waals surface area contributed by atoms with Crippen molar-refractivity contribution in [3.05, 3.63) is 0 Å². The maximum atomic E-state index is 11.8. The van der Waals surface area contributed by atoms with Crippen LogP contribution in [-0.4, -0.2) is 80.7 Å². The molecule has 164 valence electrons. The number of carboxylic acid groups (broad SMARTS) is 3. The molecule has 0 aromatic heterocycles. The van der Waals surface area contributed by atoms with E-state index in [4.69, 9.17) is 25.8 Å². The molecular formula is C14H18F3N3O9. The Hall–Kier alpha value is -3.39. The van der Waals surface area contributed by atoms with E-state index in [1.807, 2.05) is 0 Å². The van der Waals surface area contributed by atoms with Gasteiger partial charge in [-0.1, -0.05) is 0 Å². The Labute approximate surface area is 160 Å². The predicted molar refractivity (Wildman–Crippen MR) is 84.1 cm³/mol. The van der Waals surface area contributed by atoms with Gasteiger partial charge in [-0.3, -0.25) is 14.4 Å². The third kappa shape index (κ3) is 9.39. The first-order chi connectivity index (χ1) is 13.2. The zero-order valence-electron chi connectivity index (χ0n) is 14.6. The van der Waals surface area contributed by atoms with E-state index in [9.17, 15) is 37.1 Å². The first-order valence-electron chi connectivity index (χ1n) is 7.79. The average molecular weight is 429 g/mol. The Bertz CT molecular complexity index is 681. The van der Waals surface area contributed by atoms with Crippen LogP contribution in [0.1, 0.15) is 25.7 Å². The maximum absolute atomic E-state index is 11.8. The Morgan fingerprint density at radius 3 is 2.07 bits per heavy atom. The minimum Gasteiger partial charge on any atom is -0.480 e. The Kier molecular flexibility index (Phi) is 9.55. The molecule has 15 heteroatoms. The topological polar surface area (TPSA) is 204 Å². The predicted octanol–water partition coefficient (Wildman–Crippen LogP) is -1.47. The molecule has 0 aliphatic carbocycles. The fraction of sp³-hybridized carbons (Fsp3) is 0.571. The van der Waals surface area contributed by atoms with Crippen LogP contribution in [0.5, 0.6) is 0 Å². The Morgan fingerprint density at radius 2 is 1.69 bits per heavy atom. The van der Waals surface area contributed by atoms with Crippen molar-refractivity contribution in [3.8, 4) is 0 Å². The van der Waals surface area contributed by atoms with E-state index in [0.29, 0.717) is 0 Å². The van der Waals surface area contributed by atoms with Crippen molar-refractivity contribution in [2.24, 2.45) is 5.73 Å². The highest BCUT2D eigenvalue weighted by atomic mass is 19.4. The van der Waals surface area contributed by atoms with Crippen LogP contribution in [0, 0.1) is 0 Å². The summed E-state index contributed by atoms with van der Waals surface area (Å²) in [6.07, 6.45) is -5.37. The molecule has 0 saturated carbocycles. The van der Waals surface area contributed by atoms with Gasteiger partial charge in [0.25, 0.3) is 0 Å². The molecule has 1 fully saturated rings. The number of rotatable bonds is 8. The number of alkyl halides is 3. The summed E-state index contributed by atoms with van der Waals surface area (Å²) in [5, 5.41) is 27.2. The highest BCUT2D eigenvalue weighted by Crippen LogP contribution is 2.18. The molecule has 2 atom stereocenters. The quantitative estimate of drug-likeness (QED) is 0.305. The molecule has 0 unspecified atom stereocenters. The van der Waals surface area contributed by atoms with Crippen LogP contribution in [0.25, 0.3) is 0 Å². The molecule has 0 aromatic rings. The van der Waals surface area contributed by atoms with E-state index >= 15 is 0 Å². The van der Waals surface area contributed by atoms with Crippen molar-refractivity contribution >= 4 is 35.6 Å². The van der Waals surface area contributed by atoms with Crippen molar-refractivity contribution in [1.82, 2.24) is 10.2 Å². The standard InChI is InChI=1S/C12H17N3O7.C2HF3O2/c13-8(16)3-1-6(11(19)20)14-9(17)5-15-7(12(21)22)2-4-10(15)18;3-2(4,5)1(6)7/h6-7H,1-5H2,(H2,13,16)(H,14,17)(H,19,20)(H,21,22);(H,6,7)/t6-,7-;/m0./s1. The van der Waals surface area contributed by atoms with Crippen LogP contribution < -0.4 is 11.1 Å². The minimum absolute atomic E-state index is 0.0221. The molecule has 0 aromatic carbocycles. The van der Waals surface area contributed by atoms with Crippen LogP contribution in [0.4, 0.5) is 13.2 Å². The third-order valence-corrected chi connectivity index (χ3v) is 3.48. The first kappa shape index (κ1) is 25.6. The van der Waals surface area contributed by atoms with Gasteiger partial charge in [-0.15, -0.1) is 0 Å². The number of halogens is 3. The molecule has 0 bridgehead atoms. The zero-order chi connectivity index (χ0) is 22.9. The van der Waals surface area contributed by atoms with Crippen LogP contribution in [0.15, 0.2) is 0 Å². The van der Waals surface area contributed by atoms with Crippen molar-refractivity contribution in [1.29, 1.82) is 0 Å². The van der Waals surface area contributed by atoms with Crippen molar-refractivity contribution in [3.63, 3.8) is 0 Å². The van der Waals surface area contributed by atoms with Gasteiger partial charge >= 0.3 is 24.1 Å². The fourth-order valence-corrected chi connectivity index (χ4v) is 2.13. The van der Waals surface area contributed by atoms with E-state index in [1.165, 1.54) is 0 Å². The molecule has 1 saturated heterocycles. The number of carbonyl (C=O) groups excluding carboxylic acids is 3. The van der Waals surface area contributed by atoms with Crippen molar-refractivity contribution in [2.45, 2.75) is 43.9 Å². The number of nitrogens with two attached hydrogens (primary N) is 1. The lowest BCUT2D eigenvalue weighted by Gasteiger charge is -2.22. The Morgan fingerprint density at radius 1 is 1.17 bits per heavy atom. The number of carbonyl (C=O) groups is 6. The molecule has 6 N–H and O–H groups in total. The molecule has 3 amide bonds. The van der Waals surface area contributed by atoms with Crippen LogP contribution in [0.3, 0.4) is 0 Å². The summed E-state index contributed by atoms with van der Waals surface area (Å²) in [6.45, 7) is -0.545. The lowest BCUT2D eigenvalue weighted by atomic mass is 10.1. The van der Waals surface area contributed by atoms with E-state index in [1.54, 1.807) is 0 Å². The van der Waals surface area contributed by atoms with Gasteiger partial charge in [0.1, 0.15) is 18.6 Å². The summed E-state index contributed by atoms with van der Waals surface area (Å²) in [5.74, 6) is -7.32. The molecule has 29 heavy (non-hydrogen) atoms. The summed E-state index contributed by atoms with van der Waals surface area (Å²) in [4.78, 5) is 65.8. The second-order valence-corrected chi connectivity index (χ2v) is 5.68. The lowest BCUT2D eigenvalue weighted by molar-refractivity contribution is -0.192. The van der Waals surface area contributed by atoms with E-state index in [0.717, 1.165) is 4.90 Å². The van der Waals surface area contributed by atoms with Gasteiger partial charge < -0.3 is 31.3 Å². The summed E-state index contributed by atoms with van der Waals surface area (Å²) in [5.41, 5.74) is 4.91. The Balaban J connectivity index is 0.000000956.